The minimum absolute atomic E-state index is 0.169. The monoisotopic (exact) mass is 578 g/mol. The highest BCUT2D eigenvalue weighted by molar-refractivity contribution is 6.35. The van der Waals surface area contributed by atoms with Crippen molar-refractivity contribution in [3.8, 4) is 28.7 Å². The molecule has 4 aromatic rings. The van der Waals surface area contributed by atoms with Gasteiger partial charge in [-0.2, -0.15) is 0 Å². The fourth-order valence-corrected chi connectivity index (χ4v) is 4.31. The maximum absolute atomic E-state index is 12.3. The molecule has 1 aromatic heterocycles. The number of halogens is 2. The highest BCUT2D eigenvalue weighted by Gasteiger charge is 2.13. The van der Waals surface area contributed by atoms with E-state index in [9.17, 15) is 4.79 Å². The van der Waals surface area contributed by atoms with Gasteiger partial charge in [-0.3, -0.25) is 4.79 Å². The lowest BCUT2D eigenvalue weighted by molar-refractivity contribution is -0.116. The molecule has 0 aliphatic carbocycles. The van der Waals surface area contributed by atoms with Crippen molar-refractivity contribution in [1.82, 2.24) is 20.3 Å². The summed E-state index contributed by atoms with van der Waals surface area (Å²) in [5, 5.41) is 12.1. The van der Waals surface area contributed by atoms with Gasteiger partial charge in [0.25, 0.3) is 0 Å². The quantitative estimate of drug-likeness (QED) is 0.188. The Morgan fingerprint density at radius 1 is 1.05 bits per heavy atom. The molecule has 0 saturated heterocycles. The van der Waals surface area contributed by atoms with Crippen molar-refractivity contribution in [1.29, 1.82) is 0 Å². The number of carbonyl (C=O) groups excluding carboxylic acids is 1. The van der Waals surface area contributed by atoms with Gasteiger partial charge < -0.3 is 24.3 Å². The summed E-state index contributed by atoms with van der Waals surface area (Å²) in [5.41, 5.74) is 3.05. The van der Waals surface area contributed by atoms with Crippen molar-refractivity contribution < 1.29 is 23.7 Å². The molecule has 0 unspecified atom stereocenters. The molecule has 0 fully saturated rings. The summed E-state index contributed by atoms with van der Waals surface area (Å²) < 4.78 is 23.6. The summed E-state index contributed by atoms with van der Waals surface area (Å²) in [6, 6.07) is 16.2. The van der Waals surface area contributed by atoms with Gasteiger partial charge >= 0.3 is 0 Å². The summed E-state index contributed by atoms with van der Waals surface area (Å²) in [6.07, 6.45) is 8.53. The first-order chi connectivity index (χ1) is 19.5. The molecule has 1 N–H and O–H groups in total. The molecule has 1 aliphatic rings. The van der Waals surface area contributed by atoms with Crippen LogP contribution in [0.2, 0.25) is 10.0 Å². The molecule has 0 spiro atoms. The van der Waals surface area contributed by atoms with Gasteiger partial charge in [0.05, 0.1) is 24.0 Å². The number of methoxy groups -OCH3 is 1. The topological polar surface area (TPSA) is 96.7 Å². The molecule has 0 bridgehead atoms. The third-order valence-electron chi connectivity index (χ3n) is 5.81. The largest absolute Gasteiger partial charge is 0.493 e. The zero-order valence-electron chi connectivity index (χ0n) is 21.3. The van der Waals surface area contributed by atoms with Crippen LogP contribution in [-0.4, -0.2) is 34.8 Å². The zero-order chi connectivity index (χ0) is 27.9. The SMILES string of the molecule is COc1cc(CNC(=O)/C=C/C=C/c2ccc3c(c2)OCO3)ccc1OCc1cn(-c2ccc(Cl)cc2Cl)nn1. The molecule has 9 nitrogen and oxygen atoms in total. The molecule has 11 heteroatoms. The summed E-state index contributed by atoms with van der Waals surface area (Å²) >= 11 is 12.2. The maximum atomic E-state index is 12.3. The molecule has 1 amide bonds. The van der Waals surface area contributed by atoms with Crippen LogP contribution in [-0.2, 0) is 17.9 Å². The number of hydrogen-bond donors (Lipinski definition) is 1. The Hall–Kier alpha value is -4.47. The molecular formula is C29H24Cl2N4O5. The zero-order valence-corrected chi connectivity index (χ0v) is 22.9. The van der Waals surface area contributed by atoms with E-state index in [1.54, 1.807) is 54.4 Å². The molecule has 40 heavy (non-hydrogen) atoms. The molecule has 5 rings (SSSR count). The fourth-order valence-electron chi connectivity index (χ4n) is 3.82. The molecule has 0 atom stereocenters. The number of carbonyl (C=O) groups is 1. The van der Waals surface area contributed by atoms with Crippen molar-refractivity contribution in [3.05, 3.63) is 106 Å². The Morgan fingerprint density at radius 2 is 1.93 bits per heavy atom. The van der Waals surface area contributed by atoms with E-state index in [2.05, 4.69) is 15.6 Å². The van der Waals surface area contributed by atoms with Crippen molar-refractivity contribution in [2.75, 3.05) is 13.9 Å². The maximum Gasteiger partial charge on any atom is 0.244 e. The number of fused-ring (bicyclic) bond motifs is 1. The summed E-state index contributed by atoms with van der Waals surface area (Å²) in [6.45, 7) is 0.722. The fraction of sp³-hybridized carbons (Fsp3) is 0.138. The van der Waals surface area contributed by atoms with Crippen LogP contribution in [0, 0.1) is 0 Å². The van der Waals surface area contributed by atoms with E-state index in [-0.39, 0.29) is 19.3 Å². The first kappa shape index (κ1) is 27.1. The van der Waals surface area contributed by atoms with Crippen molar-refractivity contribution in [3.63, 3.8) is 0 Å². The molecular weight excluding hydrogens is 555 g/mol. The van der Waals surface area contributed by atoms with E-state index in [1.807, 2.05) is 36.4 Å². The van der Waals surface area contributed by atoms with Crippen molar-refractivity contribution in [2.45, 2.75) is 13.2 Å². The lowest BCUT2D eigenvalue weighted by Gasteiger charge is -2.11. The van der Waals surface area contributed by atoms with Crippen LogP contribution in [0.25, 0.3) is 11.8 Å². The second kappa shape index (κ2) is 12.6. The van der Waals surface area contributed by atoms with Gasteiger partial charge in [-0.15, -0.1) is 5.10 Å². The van der Waals surface area contributed by atoms with Crippen LogP contribution >= 0.6 is 23.2 Å². The average molecular weight is 579 g/mol. The Bertz CT molecular complexity index is 1580. The molecule has 0 saturated carbocycles. The van der Waals surface area contributed by atoms with Crippen LogP contribution in [0.4, 0.5) is 0 Å². The second-order valence-corrected chi connectivity index (χ2v) is 9.42. The van der Waals surface area contributed by atoms with Crippen molar-refractivity contribution in [2.24, 2.45) is 0 Å². The normalized spacial score (nSPS) is 12.3. The highest BCUT2D eigenvalue weighted by Crippen LogP contribution is 2.33. The van der Waals surface area contributed by atoms with Crippen LogP contribution in [0.15, 0.2) is 79.0 Å². The van der Waals surface area contributed by atoms with Gasteiger partial charge in [0.2, 0.25) is 12.7 Å². The van der Waals surface area contributed by atoms with Crippen molar-refractivity contribution >= 4 is 35.2 Å². The van der Waals surface area contributed by atoms with Gasteiger partial charge in [-0.25, -0.2) is 4.68 Å². The molecule has 1 aliphatic heterocycles. The van der Waals surface area contributed by atoms with Crippen LogP contribution in [0.3, 0.4) is 0 Å². The summed E-state index contributed by atoms with van der Waals surface area (Å²) in [5.74, 6) is 2.28. The highest BCUT2D eigenvalue weighted by atomic mass is 35.5. The standard InChI is InChI=1S/C29H24Cl2N4O5/c1-37-27-13-20(15-32-29(36)5-3-2-4-19-6-10-26-28(12-19)40-18-39-26)7-11-25(27)38-17-22-16-35(34-33-22)24-9-8-21(30)14-23(24)31/h2-14,16H,15,17-18H2,1H3,(H,32,36)/b4-2+,5-3+. The van der Waals surface area contributed by atoms with Gasteiger partial charge in [0.15, 0.2) is 23.0 Å². The summed E-state index contributed by atoms with van der Waals surface area (Å²) in [4.78, 5) is 12.3. The first-order valence-corrected chi connectivity index (χ1v) is 12.9. The number of benzene rings is 3. The van der Waals surface area contributed by atoms with Gasteiger partial charge in [-0.05, 0) is 53.6 Å². The van der Waals surface area contributed by atoms with E-state index < -0.39 is 0 Å². The van der Waals surface area contributed by atoms with E-state index >= 15 is 0 Å². The van der Waals surface area contributed by atoms with Gasteiger partial charge in [0, 0.05) is 17.6 Å². The molecule has 3 aromatic carbocycles. The number of rotatable bonds is 10. The third kappa shape index (κ3) is 6.74. The predicted octanol–water partition coefficient (Wildman–Crippen LogP) is 5.78. The molecule has 0 radical (unpaired) electrons. The summed E-state index contributed by atoms with van der Waals surface area (Å²) in [7, 11) is 1.55. The molecule has 204 valence electrons. The number of nitrogens with one attached hydrogen (secondary N) is 1. The third-order valence-corrected chi connectivity index (χ3v) is 6.35. The Balaban J connectivity index is 1.12. The van der Waals surface area contributed by atoms with Gasteiger partial charge in [0.1, 0.15) is 12.3 Å². The smallest absolute Gasteiger partial charge is 0.244 e. The Morgan fingerprint density at radius 3 is 2.77 bits per heavy atom. The first-order valence-electron chi connectivity index (χ1n) is 12.2. The Labute approximate surface area is 240 Å². The second-order valence-electron chi connectivity index (χ2n) is 8.57. The minimum Gasteiger partial charge on any atom is -0.493 e. The van der Waals surface area contributed by atoms with Crippen LogP contribution in [0.5, 0.6) is 23.0 Å². The van der Waals surface area contributed by atoms with Gasteiger partial charge in [-0.1, -0.05) is 58.8 Å². The number of allylic oxidation sites excluding steroid dienone is 2. The van der Waals surface area contributed by atoms with E-state index in [0.717, 1.165) is 16.9 Å². The number of aromatic nitrogens is 3. The van der Waals surface area contributed by atoms with Crippen LogP contribution < -0.4 is 24.3 Å². The number of nitrogens with zero attached hydrogens (tertiary/aromatic N) is 3. The van der Waals surface area contributed by atoms with E-state index in [0.29, 0.717) is 45.2 Å². The lowest BCUT2D eigenvalue weighted by atomic mass is 10.2. The number of amides is 1. The molecule has 2 heterocycles. The minimum atomic E-state index is -0.224. The number of ether oxygens (including phenoxy) is 4. The predicted molar refractivity (Wildman–Crippen MR) is 151 cm³/mol. The number of hydrogen-bond acceptors (Lipinski definition) is 7. The Kier molecular flexibility index (Phi) is 8.53. The lowest BCUT2D eigenvalue weighted by Crippen LogP contribution is -2.20. The van der Waals surface area contributed by atoms with E-state index in [1.165, 1.54) is 6.08 Å². The van der Waals surface area contributed by atoms with Crippen LogP contribution in [0.1, 0.15) is 16.8 Å². The average Bonchev–Trinajstić information content (AvgIpc) is 3.63. The van der Waals surface area contributed by atoms with E-state index in [4.69, 9.17) is 42.1 Å².